The summed E-state index contributed by atoms with van der Waals surface area (Å²) in [5.41, 5.74) is 0.230. The molecule has 3 aliphatic rings. The smallest absolute Gasteiger partial charge is 0.337 e. The molecular formula is C17H24O10. The van der Waals surface area contributed by atoms with E-state index in [4.69, 9.17) is 18.9 Å². The highest BCUT2D eigenvalue weighted by Gasteiger charge is 2.53. The van der Waals surface area contributed by atoms with Crippen LogP contribution in [0.25, 0.3) is 0 Å². The minimum Gasteiger partial charge on any atom is -0.472 e. The van der Waals surface area contributed by atoms with Gasteiger partial charge >= 0.3 is 5.97 Å². The Hall–Kier alpha value is -1.56. The first-order valence-electron chi connectivity index (χ1n) is 8.72. The van der Waals surface area contributed by atoms with E-state index in [0.717, 1.165) is 0 Å². The van der Waals surface area contributed by atoms with Crippen molar-refractivity contribution in [1.82, 2.24) is 0 Å². The summed E-state index contributed by atoms with van der Waals surface area (Å²) >= 11 is 0. The second-order valence-corrected chi connectivity index (χ2v) is 7.05. The molecule has 0 amide bonds. The second kappa shape index (κ2) is 7.82. The van der Waals surface area contributed by atoms with Gasteiger partial charge in [0.1, 0.15) is 30.2 Å². The van der Waals surface area contributed by atoms with Crippen molar-refractivity contribution in [2.75, 3.05) is 13.7 Å². The van der Waals surface area contributed by atoms with Crippen molar-refractivity contribution in [1.29, 1.82) is 0 Å². The molecule has 2 heterocycles. The van der Waals surface area contributed by atoms with Crippen molar-refractivity contribution in [3.05, 3.63) is 11.8 Å². The maximum atomic E-state index is 12.2. The van der Waals surface area contributed by atoms with Gasteiger partial charge in [-0.3, -0.25) is 4.79 Å². The number of esters is 1. The number of fused-ring (bicyclic) bond motifs is 1. The molecule has 0 aromatic heterocycles. The summed E-state index contributed by atoms with van der Waals surface area (Å²) in [6.07, 6.45) is -6.96. The van der Waals surface area contributed by atoms with Gasteiger partial charge in [-0.1, -0.05) is 6.92 Å². The number of carbonyl (C=O) groups is 2. The third-order valence-corrected chi connectivity index (χ3v) is 5.55. The summed E-state index contributed by atoms with van der Waals surface area (Å²) in [6.45, 7) is 1.10. The molecule has 3 rings (SSSR count). The monoisotopic (exact) mass is 388 g/mol. The van der Waals surface area contributed by atoms with Crippen molar-refractivity contribution >= 4 is 11.8 Å². The standard InChI is InChI=1S/C17H24O10/c1-6-9(19)3-7-8(15(23)24-2)5-25-16(11(6)7)27-17-14(22)13(21)12(20)10(4-18)26-17/h5-7,10-14,16-18,20-22H,3-4H2,1-2H3/t6-,7-,10-,11-,12-,13+,14-,16?,17+/m1/s1. The first-order valence-corrected chi connectivity index (χ1v) is 8.72. The number of ketones is 1. The van der Waals surface area contributed by atoms with Crippen molar-refractivity contribution < 1.29 is 49.0 Å². The van der Waals surface area contributed by atoms with Gasteiger partial charge in [-0.25, -0.2) is 4.79 Å². The maximum absolute atomic E-state index is 12.2. The van der Waals surface area contributed by atoms with Gasteiger partial charge in [0.25, 0.3) is 0 Å². The van der Waals surface area contributed by atoms with Crippen LogP contribution in [-0.4, -0.2) is 82.9 Å². The number of methoxy groups -OCH3 is 1. The fraction of sp³-hybridized carbons (Fsp3) is 0.765. The number of rotatable bonds is 4. The van der Waals surface area contributed by atoms with Crippen LogP contribution in [0.15, 0.2) is 11.8 Å². The van der Waals surface area contributed by atoms with Gasteiger partial charge in [0.15, 0.2) is 6.29 Å². The summed E-state index contributed by atoms with van der Waals surface area (Å²) < 4.78 is 21.2. The van der Waals surface area contributed by atoms with Crippen molar-refractivity contribution in [2.24, 2.45) is 17.8 Å². The number of ether oxygens (including phenoxy) is 4. The molecule has 0 aromatic rings. The van der Waals surface area contributed by atoms with Crippen molar-refractivity contribution in [3.63, 3.8) is 0 Å². The molecule has 0 bridgehead atoms. The molecule has 27 heavy (non-hydrogen) atoms. The van der Waals surface area contributed by atoms with Gasteiger partial charge < -0.3 is 39.4 Å². The molecule has 4 N–H and O–H groups in total. The first-order chi connectivity index (χ1) is 12.8. The zero-order chi connectivity index (χ0) is 19.9. The molecule has 0 aromatic carbocycles. The molecule has 10 nitrogen and oxygen atoms in total. The number of hydrogen-bond acceptors (Lipinski definition) is 10. The molecule has 1 saturated heterocycles. The van der Waals surface area contributed by atoms with Gasteiger partial charge in [0, 0.05) is 24.2 Å². The zero-order valence-corrected chi connectivity index (χ0v) is 14.9. The second-order valence-electron chi connectivity index (χ2n) is 7.05. The molecular weight excluding hydrogens is 364 g/mol. The summed E-state index contributed by atoms with van der Waals surface area (Å²) in [7, 11) is 1.23. The largest absolute Gasteiger partial charge is 0.472 e. The number of Topliss-reactive ketones (excluding diaryl/α,β-unsaturated/α-hetero) is 1. The Morgan fingerprint density at radius 1 is 1.22 bits per heavy atom. The highest BCUT2D eigenvalue weighted by atomic mass is 16.8. The van der Waals surface area contributed by atoms with Gasteiger partial charge in [0.05, 0.1) is 25.6 Å². The van der Waals surface area contributed by atoms with E-state index in [9.17, 15) is 30.0 Å². The predicted octanol–water partition coefficient (Wildman–Crippen LogP) is -1.94. The molecule has 10 heteroatoms. The predicted molar refractivity (Wildman–Crippen MR) is 85.6 cm³/mol. The van der Waals surface area contributed by atoms with Crippen LogP contribution in [0.1, 0.15) is 13.3 Å². The average Bonchev–Trinajstić information content (AvgIpc) is 2.96. The van der Waals surface area contributed by atoms with Crippen LogP contribution in [0.3, 0.4) is 0 Å². The van der Waals surface area contributed by atoms with Crippen LogP contribution in [-0.2, 0) is 28.5 Å². The normalized spacial score (nSPS) is 44.3. The van der Waals surface area contributed by atoms with Crippen LogP contribution in [0.5, 0.6) is 0 Å². The van der Waals surface area contributed by atoms with E-state index in [0.29, 0.717) is 0 Å². The van der Waals surface area contributed by atoms with Crippen LogP contribution in [0, 0.1) is 17.8 Å². The van der Waals surface area contributed by atoms with E-state index in [1.165, 1.54) is 13.4 Å². The fourth-order valence-corrected chi connectivity index (χ4v) is 3.92. The van der Waals surface area contributed by atoms with Crippen LogP contribution in [0.2, 0.25) is 0 Å². The van der Waals surface area contributed by atoms with Crippen molar-refractivity contribution in [2.45, 2.75) is 50.3 Å². The highest BCUT2D eigenvalue weighted by Crippen LogP contribution is 2.45. The Morgan fingerprint density at radius 3 is 2.56 bits per heavy atom. The topological polar surface area (TPSA) is 152 Å². The van der Waals surface area contributed by atoms with Gasteiger partial charge in [-0.05, 0) is 0 Å². The number of aliphatic hydroxyl groups is 4. The lowest BCUT2D eigenvalue weighted by atomic mass is 9.83. The Labute approximate surface area is 155 Å². The van der Waals surface area contributed by atoms with Crippen LogP contribution < -0.4 is 0 Å². The van der Waals surface area contributed by atoms with Crippen LogP contribution >= 0.6 is 0 Å². The zero-order valence-electron chi connectivity index (χ0n) is 14.9. The minimum absolute atomic E-state index is 0.0623. The molecule has 0 spiro atoms. The molecule has 2 aliphatic heterocycles. The lowest BCUT2D eigenvalue weighted by Crippen LogP contribution is -2.60. The van der Waals surface area contributed by atoms with E-state index >= 15 is 0 Å². The van der Waals surface area contributed by atoms with Crippen molar-refractivity contribution in [3.8, 4) is 0 Å². The Bertz CT molecular complexity index is 617. The molecule has 2 fully saturated rings. The van der Waals surface area contributed by atoms with Gasteiger partial charge in [-0.15, -0.1) is 0 Å². The van der Waals surface area contributed by atoms with E-state index < -0.39 is 67.3 Å². The van der Waals surface area contributed by atoms with E-state index in [1.54, 1.807) is 6.92 Å². The highest BCUT2D eigenvalue weighted by molar-refractivity contribution is 5.92. The van der Waals surface area contributed by atoms with Gasteiger partial charge in [-0.2, -0.15) is 0 Å². The lowest BCUT2D eigenvalue weighted by Gasteiger charge is -2.42. The quantitative estimate of drug-likeness (QED) is 0.400. The summed E-state index contributed by atoms with van der Waals surface area (Å²) in [6, 6.07) is 0. The Kier molecular flexibility index (Phi) is 5.84. The van der Waals surface area contributed by atoms with E-state index in [1.807, 2.05) is 0 Å². The molecule has 152 valence electrons. The number of hydrogen-bond donors (Lipinski definition) is 4. The molecule has 9 atom stereocenters. The number of aliphatic hydroxyl groups excluding tert-OH is 4. The maximum Gasteiger partial charge on any atom is 0.337 e. The van der Waals surface area contributed by atoms with Crippen LogP contribution in [0.4, 0.5) is 0 Å². The summed E-state index contributed by atoms with van der Waals surface area (Å²) in [4.78, 5) is 24.2. The van der Waals surface area contributed by atoms with E-state index in [-0.39, 0.29) is 17.8 Å². The third-order valence-electron chi connectivity index (χ3n) is 5.55. The Morgan fingerprint density at radius 2 is 1.93 bits per heavy atom. The lowest BCUT2D eigenvalue weighted by molar-refractivity contribution is -0.342. The third kappa shape index (κ3) is 3.48. The Balaban J connectivity index is 1.81. The summed E-state index contributed by atoms with van der Waals surface area (Å²) in [5.74, 6) is -2.13. The van der Waals surface area contributed by atoms with E-state index in [2.05, 4.69) is 0 Å². The minimum atomic E-state index is -1.59. The number of carbonyl (C=O) groups excluding carboxylic acids is 2. The fourth-order valence-electron chi connectivity index (χ4n) is 3.92. The molecule has 1 aliphatic carbocycles. The SMILES string of the molecule is COC(=O)C1=COC(O[C@@H]2O[C@H](CO)[C@@H](O)[C@H](O)[C@H]2O)[C@@H]2[C@H](C)C(=O)C[C@H]12. The first kappa shape index (κ1) is 20.2. The molecule has 0 radical (unpaired) electrons. The summed E-state index contributed by atoms with van der Waals surface area (Å²) in [5, 5.41) is 39.1. The van der Waals surface area contributed by atoms with Gasteiger partial charge in [0.2, 0.25) is 6.29 Å². The molecule has 1 unspecified atom stereocenters. The average molecular weight is 388 g/mol. The molecule has 1 saturated carbocycles.